The average Bonchev–Trinajstić information content (AvgIpc) is 3.28. The summed E-state index contributed by atoms with van der Waals surface area (Å²) in [6.07, 6.45) is 6.22. The lowest BCUT2D eigenvalue weighted by molar-refractivity contribution is -0.132. The van der Waals surface area contributed by atoms with Crippen LogP contribution in [-0.2, 0) is 16.1 Å². The number of nitrogens with zero attached hydrogens (tertiary/aromatic N) is 1. The molecule has 1 aromatic heterocycles. The number of allylic oxidation sites excluding steroid dienone is 1. The molecule has 2 aromatic rings. The molecule has 124 valence electrons. The summed E-state index contributed by atoms with van der Waals surface area (Å²) < 4.78 is 5.33. The van der Waals surface area contributed by atoms with Crippen LogP contribution in [0.3, 0.4) is 0 Å². The summed E-state index contributed by atoms with van der Waals surface area (Å²) >= 11 is 0. The average molecular weight is 324 g/mol. The summed E-state index contributed by atoms with van der Waals surface area (Å²) in [6.45, 7) is 0.275. The Morgan fingerprint density at radius 2 is 1.96 bits per heavy atom. The first kappa shape index (κ1) is 16.1. The third kappa shape index (κ3) is 4.13. The minimum absolute atomic E-state index is 0.00817. The van der Waals surface area contributed by atoms with E-state index >= 15 is 0 Å². The fourth-order valence-corrected chi connectivity index (χ4v) is 2.75. The van der Waals surface area contributed by atoms with Crippen LogP contribution in [0.25, 0.3) is 0 Å². The van der Waals surface area contributed by atoms with Crippen LogP contribution >= 0.6 is 0 Å². The van der Waals surface area contributed by atoms with Gasteiger partial charge in [-0.25, -0.2) is 0 Å². The lowest BCUT2D eigenvalue weighted by atomic mass is 10.2. The van der Waals surface area contributed by atoms with Crippen LogP contribution in [-0.4, -0.2) is 23.3 Å². The molecule has 0 bridgehead atoms. The Morgan fingerprint density at radius 1 is 1.12 bits per heavy atom. The number of nitrogens with one attached hydrogen (secondary N) is 1. The van der Waals surface area contributed by atoms with Crippen molar-refractivity contribution >= 4 is 17.5 Å². The van der Waals surface area contributed by atoms with E-state index < -0.39 is 0 Å². The van der Waals surface area contributed by atoms with E-state index in [-0.39, 0.29) is 24.9 Å². The molecule has 5 heteroatoms. The van der Waals surface area contributed by atoms with Crippen LogP contribution < -0.4 is 5.32 Å². The van der Waals surface area contributed by atoms with Gasteiger partial charge in [-0.2, -0.15) is 0 Å². The van der Waals surface area contributed by atoms with Gasteiger partial charge in [0.1, 0.15) is 12.3 Å². The van der Waals surface area contributed by atoms with E-state index in [0.29, 0.717) is 11.4 Å². The maximum Gasteiger partial charge on any atom is 0.250 e. The molecule has 0 fully saturated rings. The zero-order valence-corrected chi connectivity index (χ0v) is 13.4. The van der Waals surface area contributed by atoms with Crippen molar-refractivity contribution in [1.82, 2.24) is 4.90 Å². The van der Waals surface area contributed by atoms with Gasteiger partial charge in [0.15, 0.2) is 0 Å². The van der Waals surface area contributed by atoms with Crippen LogP contribution in [0.2, 0.25) is 0 Å². The van der Waals surface area contributed by atoms with Gasteiger partial charge in [-0.1, -0.05) is 24.3 Å². The van der Waals surface area contributed by atoms with Crippen LogP contribution in [0.1, 0.15) is 25.0 Å². The van der Waals surface area contributed by atoms with Gasteiger partial charge in [0.05, 0.1) is 12.8 Å². The van der Waals surface area contributed by atoms with Gasteiger partial charge in [0.2, 0.25) is 11.8 Å². The van der Waals surface area contributed by atoms with Crippen molar-refractivity contribution in [1.29, 1.82) is 0 Å². The van der Waals surface area contributed by atoms with E-state index in [2.05, 4.69) is 5.32 Å². The first-order chi connectivity index (χ1) is 11.7. The number of rotatable bonds is 6. The molecular weight excluding hydrogens is 304 g/mol. The first-order valence-corrected chi connectivity index (χ1v) is 8.08. The van der Waals surface area contributed by atoms with Crippen molar-refractivity contribution in [3.8, 4) is 0 Å². The number of anilines is 1. The number of amides is 2. The third-order valence-electron chi connectivity index (χ3n) is 3.92. The van der Waals surface area contributed by atoms with Gasteiger partial charge in [-0.05, 0) is 43.5 Å². The van der Waals surface area contributed by atoms with Crippen molar-refractivity contribution in [3.63, 3.8) is 0 Å². The van der Waals surface area contributed by atoms with E-state index in [1.807, 2.05) is 36.4 Å². The Kier molecular flexibility index (Phi) is 5.11. The maximum atomic E-state index is 12.7. The molecule has 0 atom stereocenters. The second-order valence-electron chi connectivity index (χ2n) is 5.78. The molecule has 1 aliphatic rings. The molecule has 2 amide bonds. The predicted molar refractivity (Wildman–Crippen MR) is 91.1 cm³/mol. The lowest BCUT2D eigenvalue weighted by Gasteiger charge is -2.22. The first-order valence-electron chi connectivity index (χ1n) is 8.08. The zero-order chi connectivity index (χ0) is 16.8. The standard InChI is InChI=1S/C19H20N2O3/c22-18(20-16-9-2-1-3-10-16)14-21(13-17-11-6-12-24-17)19(23)15-7-4-5-8-15/h1-3,6-7,9-12H,4-5,8,13-14H2,(H,20,22). The van der Waals surface area contributed by atoms with Crippen LogP contribution in [0.15, 0.2) is 64.8 Å². The molecule has 1 N–H and O–H groups in total. The molecule has 1 aromatic carbocycles. The van der Waals surface area contributed by atoms with Gasteiger partial charge < -0.3 is 14.6 Å². The summed E-state index contributed by atoms with van der Waals surface area (Å²) in [5.41, 5.74) is 1.50. The van der Waals surface area contributed by atoms with E-state index in [1.54, 1.807) is 18.4 Å². The maximum absolute atomic E-state index is 12.7. The summed E-state index contributed by atoms with van der Waals surface area (Å²) in [5, 5.41) is 2.81. The van der Waals surface area contributed by atoms with Crippen molar-refractivity contribution in [2.75, 3.05) is 11.9 Å². The summed E-state index contributed by atoms with van der Waals surface area (Å²) in [5.74, 6) is 0.348. The Hall–Kier alpha value is -2.82. The highest BCUT2D eigenvalue weighted by molar-refractivity contribution is 5.99. The summed E-state index contributed by atoms with van der Waals surface area (Å²) in [6, 6.07) is 12.8. The highest BCUT2D eigenvalue weighted by Crippen LogP contribution is 2.21. The normalized spacial score (nSPS) is 13.4. The van der Waals surface area contributed by atoms with Crippen molar-refractivity contribution in [3.05, 3.63) is 66.1 Å². The number of benzene rings is 1. The SMILES string of the molecule is O=C(CN(Cc1ccco1)C(=O)C1=CCCC1)Nc1ccccc1. The predicted octanol–water partition coefficient (Wildman–Crippen LogP) is 3.36. The molecule has 0 aliphatic heterocycles. The summed E-state index contributed by atoms with van der Waals surface area (Å²) in [7, 11) is 0. The van der Waals surface area contributed by atoms with E-state index in [0.717, 1.165) is 24.8 Å². The molecule has 1 heterocycles. The lowest BCUT2D eigenvalue weighted by Crippen LogP contribution is -2.38. The molecule has 24 heavy (non-hydrogen) atoms. The highest BCUT2D eigenvalue weighted by Gasteiger charge is 2.23. The minimum atomic E-state index is -0.222. The van der Waals surface area contributed by atoms with Crippen LogP contribution in [0.5, 0.6) is 0 Å². The van der Waals surface area contributed by atoms with Crippen LogP contribution in [0, 0.1) is 0 Å². The minimum Gasteiger partial charge on any atom is -0.467 e. The number of carbonyl (C=O) groups excluding carboxylic acids is 2. The van der Waals surface area contributed by atoms with Crippen molar-refractivity contribution in [2.45, 2.75) is 25.8 Å². The number of furan rings is 1. The molecule has 0 unspecified atom stereocenters. The second-order valence-corrected chi connectivity index (χ2v) is 5.78. The molecule has 1 aliphatic carbocycles. The van der Waals surface area contributed by atoms with Gasteiger partial charge in [-0.15, -0.1) is 0 Å². The quantitative estimate of drug-likeness (QED) is 0.886. The molecule has 5 nitrogen and oxygen atoms in total. The second kappa shape index (κ2) is 7.64. The largest absolute Gasteiger partial charge is 0.467 e. The molecular formula is C19H20N2O3. The Balaban J connectivity index is 1.69. The monoisotopic (exact) mass is 324 g/mol. The van der Waals surface area contributed by atoms with Gasteiger partial charge in [-0.3, -0.25) is 9.59 Å². The number of carbonyl (C=O) groups is 2. The van der Waals surface area contributed by atoms with E-state index in [1.165, 1.54) is 4.90 Å². The molecule has 0 spiro atoms. The molecule has 0 radical (unpaired) electrons. The smallest absolute Gasteiger partial charge is 0.250 e. The number of hydrogen-bond donors (Lipinski definition) is 1. The Labute approximate surface area is 141 Å². The third-order valence-corrected chi connectivity index (χ3v) is 3.92. The van der Waals surface area contributed by atoms with Crippen molar-refractivity contribution < 1.29 is 14.0 Å². The van der Waals surface area contributed by atoms with Gasteiger partial charge in [0.25, 0.3) is 0 Å². The molecule has 0 saturated carbocycles. The van der Waals surface area contributed by atoms with Crippen molar-refractivity contribution in [2.24, 2.45) is 0 Å². The zero-order valence-electron chi connectivity index (χ0n) is 13.4. The van der Waals surface area contributed by atoms with Crippen LogP contribution in [0.4, 0.5) is 5.69 Å². The highest BCUT2D eigenvalue weighted by atomic mass is 16.3. The Bertz CT molecular complexity index is 720. The van der Waals surface area contributed by atoms with E-state index in [9.17, 15) is 9.59 Å². The summed E-state index contributed by atoms with van der Waals surface area (Å²) in [4.78, 5) is 26.5. The fraction of sp³-hybridized carbons (Fsp3) is 0.263. The van der Waals surface area contributed by atoms with E-state index in [4.69, 9.17) is 4.42 Å². The molecule has 0 saturated heterocycles. The van der Waals surface area contributed by atoms with Gasteiger partial charge >= 0.3 is 0 Å². The topological polar surface area (TPSA) is 62.6 Å². The molecule has 3 rings (SSSR count). The Morgan fingerprint density at radius 3 is 2.62 bits per heavy atom. The van der Waals surface area contributed by atoms with Gasteiger partial charge in [0, 0.05) is 11.3 Å². The fourth-order valence-electron chi connectivity index (χ4n) is 2.75. The number of para-hydroxylation sites is 1. The number of hydrogen-bond acceptors (Lipinski definition) is 3.